The van der Waals surface area contributed by atoms with Gasteiger partial charge in [0.1, 0.15) is 5.75 Å². The van der Waals surface area contributed by atoms with Crippen molar-refractivity contribution in [1.82, 2.24) is 15.0 Å². The SMILES string of the molecule is NCCc1c(C(=O)O)nnn1Cc1ccc(O)cc1. The van der Waals surface area contributed by atoms with Crippen LogP contribution in [0.2, 0.25) is 0 Å². The fourth-order valence-electron chi connectivity index (χ4n) is 1.78. The second-order valence-electron chi connectivity index (χ2n) is 4.05. The van der Waals surface area contributed by atoms with Gasteiger partial charge < -0.3 is 15.9 Å². The van der Waals surface area contributed by atoms with Crippen molar-refractivity contribution >= 4 is 5.97 Å². The highest BCUT2D eigenvalue weighted by Crippen LogP contribution is 2.13. The standard InChI is InChI=1S/C12H14N4O3/c13-6-5-10-11(12(18)19)14-15-16(10)7-8-1-3-9(17)4-2-8/h1-4,17H,5-7,13H2,(H,18,19). The van der Waals surface area contributed by atoms with Crippen LogP contribution >= 0.6 is 0 Å². The number of rotatable bonds is 5. The van der Waals surface area contributed by atoms with Gasteiger partial charge in [-0.3, -0.25) is 0 Å². The summed E-state index contributed by atoms with van der Waals surface area (Å²) in [5.41, 5.74) is 6.80. The second-order valence-corrected chi connectivity index (χ2v) is 4.05. The molecule has 0 saturated heterocycles. The Kier molecular flexibility index (Phi) is 3.76. The van der Waals surface area contributed by atoms with Crippen LogP contribution in [0.15, 0.2) is 24.3 Å². The Morgan fingerprint density at radius 2 is 2.00 bits per heavy atom. The number of aromatic hydroxyl groups is 1. The predicted molar refractivity (Wildman–Crippen MR) is 66.9 cm³/mol. The average molecular weight is 262 g/mol. The molecule has 0 saturated carbocycles. The van der Waals surface area contributed by atoms with Crippen molar-refractivity contribution in [3.63, 3.8) is 0 Å². The molecule has 0 fully saturated rings. The average Bonchev–Trinajstić information content (AvgIpc) is 2.76. The monoisotopic (exact) mass is 262 g/mol. The van der Waals surface area contributed by atoms with E-state index in [-0.39, 0.29) is 11.4 Å². The quantitative estimate of drug-likeness (QED) is 0.710. The lowest BCUT2D eigenvalue weighted by Crippen LogP contribution is -2.14. The molecule has 4 N–H and O–H groups in total. The molecule has 100 valence electrons. The molecule has 0 aliphatic carbocycles. The van der Waals surface area contributed by atoms with E-state index < -0.39 is 5.97 Å². The van der Waals surface area contributed by atoms with Gasteiger partial charge in [-0.1, -0.05) is 17.3 Å². The summed E-state index contributed by atoms with van der Waals surface area (Å²) in [6, 6.07) is 6.60. The first-order valence-corrected chi connectivity index (χ1v) is 5.75. The predicted octanol–water partition coefficient (Wildman–Crippen LogP) is 0.231. The van der Waals surface area contributed by atoms with Gasteiger partial charge in [-0.2, -0.15) is 0 Å². The van der Waals surface area contributed by atoms with Gasteiger partial charge in [-0.15, -0.1) is 5.10 Å². The van der Waals surface area contributed by atoms with Gasteiger partial charge in [0, 0.05) is 6.42 Å². The number of phenols is 1. The van der Waals surface area contributed by atoms with Crippen LogP contribution in [0.1, 0.15) is 21.7 Å². The van der Waals surface area contributed by atoms with Gasteiger partial charge >= 0.3 is 5.97 Å². The number of benzene rings is 1. The van der Waals surface area contributed by atoms with E-state index in [1.165, 1.54) is 4.68 Å². The van der Waals surface area contributed by atoms with Gasteiger partial charge in [0.05, 0.1) is 12.2 Å². The third kappa shape index (κ3) is 2.89. The number of carbonyl (C=O) groups is 1. The Bertz CT molecular complexity index is 577. The maximum Gasteiger partial charge on any atom is 0.358 e. The van der Waals surface area contributed by atoms with Crippen molar-refractivity contribution < 1.29 is 15.0 Å². The van der Waals surface area contributed by atoms with Crippen LogP contribution < -0.4 is 5.73 Å². The molecular formula is C12H14N4O3. The molecule has 2 aromatic rings. The third-order valence-corrected chi connectivity index (χ3v) is 2.69. The summed E-state index contributed by atoms with van der Waals surface area (Å²) in [6.45, 7) is 0.707. The molecule has 1 aromatic heterocycles. The van der Waals surface area contributed by atoms with Crippen molar-refractivity contribution in [1.29, 1.82) is 0 Å². The maximum atomic E-state index is 11.0. The van der Waals surface area contributed by atoms with E-state index in [9.17, 15) is 9.90 Å². The third-order valence-electron chi connectivity index (χ3n) is 2.69. The summed E-state index contributed by atoms with van der Waals surface area (Å²) in [7, 11) is 0. The number of aromatic nitrogens is 3. The molecule has 7 nitrogen and oxygen atoms in total. The van der Waals surface area contributed by atoms with E-state index in [2.05, 4.69) is 10.3 Å². The highest BCUT2D eigenvalue weighted by atomic mass is 16.4. The summed E-state index contributed by atoms with van der Waals surface area (Å²) in [5.74, 6) is -0.934. The van der Waals surface area contributed by atoms with E-state index >= 15 is 0 Å². The molecule has 0 aliphatic rings. The lowest BCUT2D eigenvalue weighted by atomic mass is 10.2. The van der Waals surface area contributed by atoms with Gasteiger partial charge in [0.15, 0.2) is 5.69 Å². The van der Waals surface area contributed by atoms with Crippen molar-refractivity contribution in [2.45, 2.75) is 13.0 Å². The lowest BCUT2D eigenvalue weighted by Gasteiger charge is -2.06. The molecule has 0 spiro atoms. The van der Waals surface area contributed by atoms with Gasteiger partial charge in [-0.25, -0.2) is 9.48 Å². The van der Waals surface area contributed by atoms with Gasteiger partial charge in [0.25, 0.3) is 0 Å². The molecule has 1 heterocycles. The Morgan fingerprint density at radius 1 is 1.32 bits per heavy atom. The number of hydrogen-bond donors (Lipinski definition) is 3. The smallest absolute Gasteiger partial charge is 0.358 e. The number of aromatic carboxylic acids is 1. The van der Waals surface area contributed by atoms with Crippen LogP contribution in [-0.2, 0) is 13.0 Å². The Morgan fingerprint density at radius 3 is 2.58 bits per heavy atom. The molecule has 0 aliphatic heterocycles. The minimum Gasteiger partial charge on any atom is -0.508 e. The maximum absolute atomic E-state index is 11.0. The minimum absolute atomic E-state index is 0.0655. The molecule has 19 heavy (non-hydrogen) atoms. The van der Waals surface area contributed by atoms with E-state index in [1.54, 1.807) is 24.3 Å². The van der Waals surface area contributed by atoms with E-state index in [1.807, 2.05) is 0 Å². The molecular weight excluding hydrogens is 248 g/mol. The zero-order valence-corrected chi connectivity index (χ0v) is 10.2. The van der Waals surface area contributed by atoms with Crippen molar-refractivity contribution in [2.24, 2.45) is 5.73 Å². The van der Waals surface area contributed by atoms with E-state index in [0.717, 1.165) is 5.56 Å². The van der Waals surface area contributed by atoms with Crippen LogP contribution in [-0.4, -0.2) is 37.7 Å². The lowest BCUT2D eigenvalue weighted by molar-refractivity contribution is 0.0689. The number of carboxylic acid groups (broad SMARTS) is 1. The topological polar surface area (TPSA) is 114 Å². The van der Waals surface area contributed by atoms with Crippen LogP contribution in [0.25, 0.3) is 0 Å². The first-order chi connectivity index (χ1) is 9.11. The van der Waals surface area contributed by atoms with Gasteiger partial charge in [-0.05, 0) is 24.2 Å². The Balaban J connectivity index is 2.29. The molecule has 1 aromatic carbocycles. The van der Waals surface area contributed by atoms with Crippen molar-refractivity contribution in [3.05, 3.63) is 41.2 Å². The summed E-state index contributed by atoms with van der Waals surface area (Å²) in [5, 5.41) is 25.7. The number of carboxylic acids is 1. The van der Waals surface area contributed by atoms with Crippen molar-refractivity contribution in [3.8, 4) is 5.75 Å². The largest absolute Gasteiger partial charge is 0.508 e. The summed E-state index contributed by atoms with van der Waals surface area (Å²) < 4.78 is 1.52. The highest BCUT2D eigenvalue weighted by molar-refractivity contribution is 5.86. The van der Waals surface area contributed by atoms with Crippen LogP contribution in [0.5, 0.6) is 5.75 Å². The summed E-state index contributed by atoms with van der Waals surface area (Å²) in [4.78, 5) is 11.0. The fourth-order valence-corrected chi connectivity index (χ4v) is 1.78. The molecule has 0 radical (unpaired) electrons. The minimum atomic E-state index is -1.11. The molecule has 0 unspecified atom stereocenters. The zero-order valence-electron chi connectivity index (χ0n) is 10.2. The van der Waals surface area contributed by atoms with E-state index in [4.69, 9.17) is 10.8 Å². The Labute approximate surface area is 109 Å². The first-order valence-electron chi connectivity index (χ1n) is 5.75. The van der Waals surface area contributed by atoms with Crippen molar-refractivity contribution in [2.75, 3.05) is 6.54 Å². The van der Waals surface area contributed by atoms with Crippen LogP contribution in [0.3, 0.4) is 0 Å². The number of hydrogen-bond acceptors (Lipinski definition) is 5. The number of nitrogens with two attached hydrogens (primary N) is 1. The first kappa shape index (κ1) is 13.0. The normalized spacial score (nSPS) is 10.6. The molecule has 2 rings (SSSR count). The van der Waals surface area contributed by atoms with Crippen LogP contribution in [0, 0.1) is 0 Å². The second kappa shape index (κ2) is 5.49. The molecule has 7 heteroatoms. The fraction of sp³-hybridized carbons (Fsp3) is 0.250. The summed E-state index contributed by atoms with van der Waals surface area (Å²) >= 11 is 0. The zero-order chi connectivity index (χ0) is 13.8. The summed E-state index contributed by atoms with van der Waals surface area (Å²) in [6.07, 6.45) is 0.396. The number of nitrogens with zero attached hydrogens (tertiary/aromatic N) is 3. The molecule has 0 atom stereocenters. The molecule has 0 bridgehead atoms. The van der Waals surface area contributed by atoms with Crippen LogP contribution in [0.4, 0.5) is 0 Å². The Hall–Kier alpha value is -2.41. The highest BCUT2D eigenvalue weighted by Gasteiger charge is 2.18. The van der Waals surface area contributed by atoms with E-state index in [0.29, 0.717) is 25.2 Å². The number of phenolic OH excluding ortho intramolecular Hbond substituents is 1. The molecule has 0 amide bonds. The van der Waals surface area contributed by atoms with Gasteiger partial charge in [0.2, 0.25) is 0 Å².